The predicted molar refractivity (Wildman–Crippen MR) is 127 cm³/mol. The highest BCUT2D eigenvalue weighted by Gasteiger charge is 2.39. The molecule has 3 aromatic carbocycles. The van der Waals surface area contributed by atoms with Crippen LogP contribution in [0.3, 0.4) is 0 Å². The van der Waals surface area contributed by atoms with Gasteiger partial charge in [0, 0.05) is 11.6 Å². The Morgan fingerprint density at radius 3 is 2.33 bits per heavy atom. The first kappa shape index (κ1) is 24.4. The maximum absolute atomic E-state index is 14.9. The molecular weight excluding hydrogens is 500 g/mol. The molecule has 4 aromatic rings. The van der Waals surface area contributed by atoms with Crippen LogP contribution in [0, 0.1) is 29.2 Å². The van der Waals surface area contributed by atoms with Crippen LogP contribution in [0.25, 0.3) is 26.9 Å². The van der Waals surface area contributed by atoms with E-state index in [1.54, 1.807) is 6.07 Å². The van der Waals surface area contributed by atoms with Gasteiger partial charge in [0.15, 0.2) is 17.5 Å². The summed E-state index contributed by atoms with van der Waals surface area (Å²) in [5.74, 6) is -5.63. The van der Waals surface area contributed by atoms with Gasteiger partial charge in [0.1, 0.15) is 11.6 Å². The third-order valence-corrected chi connectivity index (χ3v) is 7.23. The molecular formula is C27H19F6NOS. The molecule has 36 heavy (non-hydrogen) atoms. The van der Waals surface area contributed by atoms with Crippen LogP contribution < -0.4 is 4.74 Å². The lowest BCUT2D eigenvalue weighted by Gasteiger charge is -2.18. The molecule has 0 aliphatic heterocycles. The highest BCUT2D eigenvalue weighted by Crippen LogP contribution is 2.39. The minimum absolute atomic E-state index is 0.285. The molecule has 0 saturated heterocycles. The molecule has 1 aliphatic rings. The summed E-state index contributed by atoms with van der Waals surface area (Å²) in [6, 6.07) is 9.35. The Balaban J connectivity index is 1.39. The molecule has 186 valence electrons. The third-order valence-electron chi connectivity index (χ3n) is 6.16. The molecule has 0 radical (unpaired) electrons. The Morgan fingerprint density at radius 2 is 1.67 bits per heavy atom. The first-order chi connectivity index (χ1) is 17.1. The van der Waals surface area contributed by atoms with Gasteiger partial charge in [-0.2, -0.15) is 8.78 Å². The first-order valence-corrected chi connectivity index (χ1v) is 12.0. The monoisotopic (exact) mass is 519 g/mol. The maximum atomic E-state index is 14.9. The molecule has 5 rings (SSSR count). The van der Waals surface area contributed by atoms with Gasteiger partial charge in [-0.1, -0.05) is 19.1 Å². The molecule has 2 nitrogen and oxygen atoms in total. The number of allylic oxidation sites excluding steroid dienone is 2. The van der Waals surface area contributed by atoms with Crippen molar-refractivity contribution in [3.8, 4) is 16.9 Å². The van der Waals surface area contributed by atoms with Crippen LogP contribution in [0.15, 0.2) is 54.6 Å². The molecule has 0 fully saturated rings. The van der Waals surface area contributed by atoms with Crippen LogP contribution in [-0.2, 0) is 6.11 Å². The third kappa shape index (κ3) is 4.72. The lowest BCUT2D eigenvalue weighted by molar-refractivity contribution is -0.185. The number of benzene rings is 3. The number of hydrogen-bond donors (Lipinski definition) is 0. The summed E-state index contributed by atoms with van der Waals surface area (Å²) in [6.45, 7) is 2.19. The van der Waals surface area contributed by atoms with Gasteiger partial charge in [0.2, 0.25) is 5.01 Å². The summed E-state index contributed by atoms with van der Waals surface area (Å²) in [7, 11) is 0. The highest BCUT2D eigenvalue weighted by molar-refractivity contribution is 7.18. The fourth-order valence-corrected chi connectivity index (χ4v) is 5.09. The fraction of sp³-hybridized carbons (Fsp3) is 0.222. The number of halogens is 6. The Bertz CT molecular complexity index is 1470. The van der Waals surface area contributed by atoms with Crippen LogP contribution in [-0.4, -0.2) is 4.98 Å². The predicted octanol–water partition coefficient (Wildman–Crippen LogP) is 8.85. The van der Waals surface area contributed by atoms with Crippen LogP contribution in [0.4, 0.5) is 26.3 Å². The highest BCUT2D eigenvalue weighted by atomic mass is 32.1. The van der Waals surface area contributed by atoms with Crippen molar-refractivity contribution < 1.29 is 31.1 Å². The molecule has 1 heterocycles. The zero-order valence-corrected chi connectivity index (χ0v) is 19.7. The smallest absolute Gasteiger partial charge is 0.427 e. The van der Waals surface area contributed by atoms with Crippen LogP contribution >= 0.6 is 11.3 Å². The van der Waals surface area contributed by atoms with E-state index in [-0.39, 0.29) is 11.1 Å². The molecule has 0 bridgehead atoms. The number of thiazole rings is 1. The number of rotatable bonds is 5. The summed E-state index contributed by atoms with van der Waals surface area (Å²) in [6.07, 6.45) is 1.31. The van der Waals surface area contributed by atoms with Crippen molar-refractivity contribution in [2.75, 3.05) is 0 Å². The first-order valence-electron chi connectivity index (χ1n) is 11.2. The summed E-state index contributed by atoms with van der Waals surface area (Å²) in [5.41, 5.74) is 1.97. The number of ether oxygens (including phenoxy) is 1. The minimum atomic E-state index is -3.86. The average molecular weight is 520 g/mol. The molecule has 9 heteroatoms. The van der Waals surface area contributed by atoms with Crippen molar-refractivity contribution in [1.29, 1.82) is 0 Å². The van der Waals surface area contributed by atoms with Crippen molar-refractivity contribution in [1.82, 2.24) is 4.98 Å². The fourth-order valence-electron chi connectivity index (χ4n) is 4.17. The lowest BCUT2D eigenvalue weighted by Crippen LogP contribution is -2.21. The Morgan fingerprint density at radius 1 is 0.917 bits per heavy atom. The number of fused-ring (bicyclic) bond motifs is 1. The van der Waals surface area contributed by atoms with Crippen molar-refractivity contribution in [2.24, 2.45) is 5.92 Å². The van der Waals surface area contributed by atoms with Crippen molar-refractivity contribution in [3.63, 3.8) is 0 Å². The molecule has 1 unspecified atom stereocenters. The summed E-state index contributed by atoms with van der Waals surface area (Å²) < 4.78 is 90.0. The number of alkyl halides is 2. The van der Waals surface area contributed by atoms with E-state index in [4.69, 9.17) is 4.74 Å². The Labute approximate surface area is 206 Å². The van der Waals surface area contributed by atoms with Crippen molar-refractivity contribution >= 4 is 27.1 Å². The van der Waals surface area contributed by atoms with E-state index in [2.05, 4.69) is 18.0 Å². The molecule has 1 atom stereocenters. The number of nitrogens with zero attached hydrogens (tertiary/aromatic N) is 1. The SMILES string of the molecule is CC1CC=C(c2ccc3nc(C(F)(F)Oc4ccc(-c5cc(F)c(F)c(F)c5)c(F)c4)sc3c2)CC1. The van der Waals surface area contributed by atoms with Crippen molar-refractivity contribution in [3.05, 3.63) is 88.4 Å². The zero-order chi connectivity index (χ0) is 25.6. The van der Waals surface area contributed by atoms with Gasteiger partial charge >= 0.3 is 6.11 Å². The topological polar surface area (TPSA) is 22.1 Å². The van der Waals surface area contributed by atoms with Crippen LogP contribution in [0.5, 0.6) is 5.75 Å². The van der Waals surface area contributed by atoms with Gasteiger partial charge in [-0.05, 0) is 78.3 Å². The van der Waals surface area contributed by atoms with Gasteiger partial charge in [-0.3, -0.25) is 0 Å². The van der Waals surface area contributed by atoms with E-state index in [1.807, 2.05) is 12.1 Å². The molecule has 1 aliphatic carbocycles. The van der Waals surface area contributed by atoms with E-state index in [1.165, 1.54) is 5.57 Å². The summed E-state index contributed by atoms with van der Waals surface area (Å²) in [5, 5.41) is -0.590. The molecule has 0 saturated carbocycles. The van der Waals surface area contributed by atoms with Gasteiger partial charge < -0.3 is 4.74 Å². The van der Waals surface area contributed by atoms with E-state index in [0.717, 1.165) is 48.3 Å². The van der Waals surface area contributed by atoms with Gasteiger partial charge in [0.05, 0.1) is 10.2 Å². The zero-order valence-electron chi connectivity index (χ0n) is 18.9. The normalized spacial score (nSPS) is 16.3. The van der Waals surface area contributed by atoms with E-state index in [0.29, 0.717) is 34.3 Å². The molecule has 0 spiro atoms. The van der Waals surface area contributed by atoms with Crippen molar-refractivity contribution in [2.45, 2.75) is 32.3 Å². The van der Waals surface area contributed by atoms with Gasteiger partial charge in [-0.15, -0.1) is 11.3 Å². The van der Waals surface area contributed by atoms with E-state index >= 15 is 0 Å². The van der Waals surface area contributed by atoms with Crippen LogP contribution in [0.1, 0.15) is 36.8 Å². The van der Waals surface area contributed by atoms with Gasteiger partial charge in [-0.25, -0.2) is 22.5 Å². The molecule has 0 N–H and O–H groups in total. The van der Waals surface area contributed by atoms with E-state index < -0.39 is 40.1 Å². The lowest BCUT2D eigenvalue weighted by atomic mass is 9.88. The summed E-state index contributed by atoms with van der Waals surface area (Å²) in [4.78, 5) is 4.01. The summed E-state index contributed by atoms with van der Waals surface area (Å²) >= 11 is 0.785. The number of hydrogen-bond acceptors (Lipinski definition) is 3. The number of aromatic nitrogens is 1. The Hall–Kier alpha value is -3.33. The second-order valence-corrected chi connectivity index (χ2v) is 9.86. The standard InChI is InChI=1S/C27H19F6NOS/c1-14-2-4-15(5-3-14)16-6-9-23-24(12-16)36-26(34-23)27(32,33)35-18-7-8-19(20(28)13-18)17-10-21(29)25(31)22(30)11-17/h4,6-14H,2-3,5H2,1H3. The second-order valence-electron chi connectivity index (χ2n) is 8.82. The molecule has 0 amide bonds. The maximum Gasteiger partial charge on any atom is 0.454 e. The largest absolute Gasteiger partial charge is 0.454 e. The van der Waals surface area contributed by atoms with Crippen LogP contribution in [0.2, 0.25) is 0 Å². The van der Waals surface area contributed by atoms with E-state index in [9.17, 15) is 26.3 Å². The van der Waals surface area contributed by atoms with Gasteiger partial charge in [0.25, 0.3) is 0 Å². The Kier molecular flexibility index (Phi) is 6.28. The second kappa shape index (κ2) is 9.28. The quantitative estimate of drug-likeness (QED) is 0.194. The minimum Gasteiger partial charge on any atom is -0.427 e. The average Bonchev–Trinajstić information content (AvgIpc) is 3.27. The molecule has 1 aromatic heterocycles.